The first kappa shape index (κ1) is 56.8. The van der Waals surface area contributed by atoms with E-state index in [0.29, 0.717) is 19.3 Å². The van der Waals surface area contributed by atoms with E-state index < -0.39 is 18.2 Å². The van der Waals surface area contributed by atoms with Crippen LogP contribution in [0.2, 0.25) is 0 Å². The summed E-state index contributed by atoms with van der Waals surface area (Å²) in [6.07, 6.45) is 61.9. The number of ether oxygens (including phenoxy) is 1. The Morgan fingerprint density at radius 2 is 1.00 bits per heavy atom. The fraction of sp³-hybridized carbons (Fsp3) is 0.667. The van der Waals surface area contributed by atoms with Gasteiger partial charge in [-0.3, -0.25) is 9.59 Å². The summed E-state index contributed by atoms with van der Waals surface area (Å²) in [5, 5.41) is 23.6. The van der Waals surface area contributed by atoms with Crippen LogP contribution in [0.1, 0.15) is 207 Å². The zero-order chi connectivity index (χ0) is 43.8. The maximum atomic E-state index is 13.2. The number of aliphatic hydroxyl groups is 2. The molecule has 0 fully saturated rings. The number of hydrogen-bond donors (Lipinski definition) is 3. The minimum Gasteiger partial charge on any atom is -0.461 e. The number of aliphatic hydroxyl groups excluding tert-OH is 2. The SMILES string of the molecule is CC/C=C/C=C/C=C/C=C\CCCCCCCC(=O)OC(C/C=C\C/C=C\C/C=C\C/C=C\CCCCC)CC(=O)NC(CO)C(O)CCCCCCCCCCCCC. The van der Waals surface area contributed by atoms with Crippen molar-refractivity contribution in [3.05, 3.63) is 97.2 Å². The van der Waals surface area contributed by atoms with Crippen LogP contribution in [0.4, 0.5) is 0 Å². The molecular formula is C54H91NO5. The first-order valence-electron chi connectivity index (χ1n) is 24.5. The highest BCUT2D eigenvalue weighted by molar-refractivity contribution is 5.77. The summed E-state index contributed by atoms with van der Waals surface area (Å²) in [5.41, 5.74) is 0. The van der Waals surface area contributed by atoms with Crippen LogP contribution in [0.3, 0.4) is 0 Å². The lowest BCUT2D eigenvalue weighted by molar-refractivity contribution is -0.150. The van der Waals surface area contributed by atoms with E-state index in [4.69, 9.17) is 4.74 Å². The number of amides is 1. The van der Waals surface area contributed by atoms with Crippen LogP contribution < -0.4 is 5.32 Å². The lowest BCUT2D eigenvalue weighted by Crippen LogP contribution is -2.46. The standard InChI is InChI=1S/C54H91NO5/c1-4-7-10-13-16-19-22-24-26-28-31-33-36-39-42-45-50(60-54(59)47-44-41-38-35-32-29-27-25-23-20-17-14-11-8-5-2)48-53(58)55-51(49-56)52(57)46-43-40-37-34-30-21-18-15-12-9-6-3/h8,11,14,16-17,19-20,23-27,31,33,39,42,50-52,56-57H,4-7,9-10,12-13,15,18,21-22,28-30,32,34-38,40-41,43-49H2,1-3H3,(H,55,58)/b11-8+,17-14+,19-16-,23-20+,26-24-,27-25-,33-31-,42-39-. The van der Waals surface area contributed by atoms with Crippen molar-refractivity contribution in [2.45, 2.75) is 225 Å². The average molecular weight is 834 g/mol. The van der Waals surface area contributed by atoms with Crippen LogP contribution >= 0.6 is 0 Å². The Bertz CT molecular complexity index is 1210. The molecule has 3 unspecified atom stereocenters. The monoisotopic (exact) mass is 834 g/mol. The van der Waals surface area contributed by atoms with Crippen molar-refractivity contribution >= 4 is 11.9 Å². The van der Waals surface area contributed by atoms with Crippen molar-refractivity contribution in [2.24, 2.45) is 0 Å². The van der Waals surface area contributed by atoms with Crippen molar-refractivity contribution in [1.82, 2.24) is 5.32 Å². The Morgan fingerprint density at radius 1 is 0.533 bits per heavy atom. The van der Waals surface area contributed by atoms with Crippen molar-refractivity contribution in [3.63, 3.8) is 0 Å². The second kappa shape index (κ2) is 46.8. The van der Waals surface area contributed by atoms with Gasteiger partial charge in [-0.15, -0.1) is 0 Å². The van der Waals surface area contributed by atoms with Gasteiger partial charge in [-0.1, -0.05) is 221 Å². The highest BCUT2D eigenvalue weighted by Crippen LogP contribution is 2.15. The lowest BCUT2D eigenvalue weighted by Gasteiger charge is -2.24. The van der Waals surface area contributed by atoms with Crippen molar-refractivity contribution in [2.75, 3.05) is 6.61 Å². The lowest BCUT2D eigenvalue weighted by atomic mass is 10.0. The number of unbranched alkanes of at least 4 members (excludes halogenated alkanes) is 18. The molecule has 60 heavy (non-hydrogen) atoms. The molecule has 0 bridgehead atoms. The van der Waals surface area contributed by atoms with Gasteiger partial charge >= 0.3 is 5.97 Å². The van der Waals surface area contributed by atoms with Gasteiger partial charge in [-0.25, -0.2) is 0 Å². The Kier molecular flexibility index (Phi) is 44.3. The van der Waals surface area contributed by atoms with Crippen LogP contribution in [0.5, 0.6) is 0 Å². The molecule has 6 heteroatoms. The second-order valence-electron chi connectivity index (χ2n) is 16.2. The third kappa shape index (κ3) is 41.5. The normalized spacial score (nSPS) is 14.2. The third-order valence-electron chi connectivity index (χ3n) is 10.5. The minimum atomic E-state index is -0.819. The van der Waals surface area contributed by atoms with Gasteiger partial charge in [-0.2, -0.15) is 0 Å². The van der Waals surface area contributed by atoms with Crippen LogP contribution in [-0.4, -0.2) is 46.9 Å². The van der Waals surface area contributed by atoms with Crippen LogP contribution in [0, 0.1) is 0 Å². The Hall–Kier alpha value is -3.22. The van der Waals surface area contributed by atoms with Gasteiger partial charge in [0.15, 0.2) is 0 Å². The molecule has 0 saturated carbocycles. The Morgan fingerprint density at radius 3 is 1.60 bits per heavy atom. The molecule has 0 aliphatic rings. The molecule has 0 aliphatic heterocycles. The summed E-state index contributed by atoms with van der Waals surface area (Å²) in [5.74, 6) is -0.612. The topological polar surface area (TPSA) is 95.9 Å². The summed E-state index contributed by atoms with van der Waals surface area (Å²) in [4.78, 5) is 26.0. The van der Waals surface area contributed by atoms with Crippen LogP contribution in [-0.2, 0) is 14.3 Å². The number of hydrogen-bond acceptors (Lipinski definition) is 5. The largest absolute Gasteiger partial charge is 0.461 e. The molecule has 3 atom stereocenters. The van der Waals surface area contributed by atoms with Gasteiger partial charge in [0.05, 0.1) is 25.2 Å². The summed E-state index contributed by atoms with van der Waals surface area (Å²) in [6.45, 7) is 6.26. The predicted molar refractivity (Wildman–Crippen MR) is 259 cm³/mol. The van der Waals surface area contributed by atoms with Crippen molar-refractivity contribution < 1.29 is 24.5 Å². The van der Waals surface area contributed by atoms with Gasteiger partial charge in [-0.05, 0) is 64.2 Å². The van der Waals surface area contributed by atoms with E-state index in [9.17, 15) is 19.8 Å². The third-order valence-corrected chi connectivity index (χ3v) is 10.5. The van der Waals surface area contributed by atoms with Gasteiger partial charge in [0.2, 0.25) is 5.91 Å². The van der Waals surface area contributed by atoms with E-state index in [-0.39, 0.29) is 24.9 Å². The van der Waals surface area contributed by atoms with Gasteiger partial charge in [0, 0.05) is 12.8 Å². The molecule has 0 heterocycles. The molecule has 342 valence electrons. The van der Waals surface area contributed by atoms with Crippen molar-refractivity contribution in [1.29, 1.82) is 0 Å². The molecule has 6 nitrogen and oxygen atoms in total. The number of allylic oxidation sites excluding steroid dienone is 15. The molecule has 3 N–H and O–H groups in total. The molecule has 0 radical (unpaired) electrons. The van der Waals surface area contributed by atoms with Crippen LogP contribution in [0.25, 0.3) is 0 Å². The Balaban J connectivity index is 4.81. The smallest absolute Gasteiger partial charge is 0.306 e. The molecule has 0 spiro atoms. The summed E-state index contributed by atoms with van der Waals surface area (Å²) >= 11 is 0. The minimum absolute atomic E-state index is 0.0136. The Labute approximate surface area is 369 Å². The maximum absolute atomic E-state index is 13.2. The summed E-state index contributed by atoms with van der Waals surface area (Å²) in [6, 6.07) is -0.740. The highest BCUT2D eigenvalue weighted by Gasteiger charge is 2.23. The molecule has 0 rings (SSSR count). The molecule has 0 saturated heterocycles. The zero-order valence-corrected chi connectivity index (χ0v) is 38.8. The van der Waals surface area contributed by atoms with Crippen molar-refractivity contribution in [3.8, 4) is 0 Å². The van der Waals surface area contributed by atoms with Crippen LogP contribution in [0.15, 0.2) is 97.2 Å². The highest BCUT2D eigenvalue weighted by atomic mass is 16.5. The fourth-order valence-corrected chi connectivity index (χ4v) is 6.77. The van der Waals surface area contributed by atoms with Gasteiger partial charge in [0.1, 0.15) is 6.10 Å². The van der Waals surface area contributed by atoms with E-state index in [1.54, 1.807) is 0 Å². The summed E-state index contributed by atoms with van der Waals surface area (Å²) in [7, 11) is 0. The zero-order valence-electron chi connectivity index (χ0n) is 38.8. The quantitative estimate of drug-likeness (QED) is 0.0246. The molecule has 0 aromatic carbocycles. The summed E-state index contributed by atoms with van der Waals surface area (Å²) < 4.78 is 5.85. The van der Waals surface area contributed by atoms with E-state index >= 15 is 0 Å². The molecular weight excluding hydrogens is 743 g/mol. The van der Waals surface area contributed by atoms with Gasteiger partial charge < -0.3 is 20.3 Å². The predicted octanol–water partition coefficient (Wildman–Crippen LogP) is 14.6. The fourth-order valence-electron chi connectivity index (χ4n) is 6.77. The van der Waals surface area contributed by atoms with E-state index in [2.05, 4.69) is 92.9 Å². The second-order valence-corrected chi connectivity index (χ2v) is 16.2. The number of carbonyl (C=O) groups is 2. The maximum Gasteiger partial charge on any atom is 0.306 e. The van der Waals surface area contributed by atoms with Gasteiger partial charge in [0.25, 0.3) is 0 Å². The first-order valence-corrected chi connectivity index (χ1v) is 24.5. The molecule has 0 aliphatic carbocycles. The van der Waals surface area contributed by atoms with E-state index in [0.717, 1.165) is 83.5 Å². The number of rotatable bonds is 42. The van der Waals surface area contributed by atoms with E-state index in [1.807, 2.05) is 30.4 Å². The van der Waals surface area contributed by atoms with E-state index in [1.165, 1.54) is 77.0 Å². The molecule has 0 aromatic rings. The number of nitrogens with one attached hydrogen (secondary N) is 1. The molecule has 0 aromatic heterocycles. The number of esters is 1. The first-order chi connectivity index (χ1) is 29.5. The number of carbonyl (C=O) groups excluding carboxylic acids is 2. The average Bonchev–Trinajstić information content (AvgIpc) is 3.24. The molecule has 1 amide bonds.